The number of amides is 2. The van der Waals surface area contributed by atoms with Crippen molar-refractivity contribution < 1.29 is 4.79 Å². The van der Waals surface area contributed by atoms with E-state index in [-0.39, 0.29) is 11.6 Å². The first-order valence-corrected chi connectivity index (χ1v) is 6.26. The van der Waals surface area contributed by atoms with E-state index in [1.165, 1.54) is 0 Å². The van der Waals surface area contributed by atoms with Crippen molar-refractivity contribution in [2.75, 3.05) is 18.4 Å². The van der Waals surface area contributed by atoms with Gasteiger partial charge in [-0.2, -0.15) is 0 Å². The summed E-state index contributed by atoms with van der Waals surface area (Å²) in [6.45, 7) is 8.94. The summed E-state index contributed by atoms with van der Waals surface area (Å²) in [7, 11) is 0. The Hall–Kier alpha value is -1.55. The number of anilines is 1. The van der Waals surface area contributed by atoms with E-state index in [1.807, 2.05) is 52.0 Å². The van der Waals surface area contributed by atoms with Gasteiger partial charge in [-0.05, 0) is 45.4 Å². The molecule has 0 aromatic heterocycles. The zero-order valence-corrected chi connectivity index (χ0v) is 11.7. The van der Waals surface area contributed by atoms with Crippen LogP contribution in [0.3, 0.4) is 0 Å². The van der Waals surface area contributed by atoms with E-state index in [4.69, 9.17) is 5.73 Å². The number of nitrogens with one attached hydrogen (secondary N) is 1. The minimum atomic E-state index is -0.345. The summed E-state index contributed by atoms with van der Waals surface area (Å²) in [5.74, 6) is 0. The maximum Gasteiger partial charge on any atom is 0.322 e. The second-order valence-electron chi connectivity index (χ2n) is 5.06. The molecule has 4 nitrogen and oxygen atoms in total. The molecule has 18 heavy (non-hydrogen) atoms. The summed E-state index contributed by atoms with van der Waals surface area (Å²) in [6.07, 6.45) is 0. The third kappa shape index (κ3) is 3.47. The number of aryl methyl sites for hydroxylation is 1. The Kier molecular flexibility index (Phi) is 4.73. The Balaban J connectivity index is 2.81. The van der Waals surface area contributed by atoms with Gasteiger partial charge in [-0.1, -0.05) is 12.1 Å². The number of urea groups is 1. The van der Waals surface area contributed by atoms with Crippen LogP contribution in [0.2, 0.25) is 0 Å². The van der Waals surface area contributed by atoms with Gasteiger partial charge in [-0.15, -0.1) is 0 Å². The number of likely N-dealkylation sites (N-methyl/N-ethyl adjacent to an activating group) is 1. The van der Waals surface area contributed by atoms with E-state index in [0.717, 1.165) is 11.3 Å². The van der Waals surface area contributed by atoms with Crippen LogP contribution in [0.5, 0.6) is 0 Å². The van der Waals surface area contributed by atoms with Crippen LogP contribution in [0, 0.1) is 6.92 Å². The fourth-order valence-corrected chi connectivity index (χ4v) is 1.87. The molecule has 0 aliphatic heterocycles. The molecule has 0 aliphatic rings. The molecule has 0 saturated carbocycles. The van der Waals surface area contributed by atoms with Crippen molar-refractivity contribution >= 4 is 11.7 Å². The Morgan fingerprint density at radius 1 is 1.44 bits per heavy atom. The van der Waals surface area contributed by atoms with Crippen LogP contribution in [0.4, 0.5) is 10.5 Å². The standard InChI is InChI=1S/C14H23N3O/c1-5-17(14(3,4)10-15)13(18)16-12-8-6-7-11(2)9-12/h6-9H,5,10,15H2,1-4H3,(H,16,18). The Labute approximate surface area is 109 Å². The van der Waals surface area contributed by atoms with Gasteiger partial charge in [0.1, 0.15) is 0 Å². The lowest BCUT2D eigenvalue weighted by Gasteiger charge is -2.36. The molecule has 0 atom stereocenters. The predicted octanol–water partition coefficient (Wildman–Crippen LogP) is 2.59. The summed E-state index contributed by atoms with van der Waals surface area (Å²) in [6, 6.07) is 7.64. The number of carbonyl (C=O) groups is 1. The zero-order valence-electron chi connectivity index (χ0n) is 11.7. The van der Waals surface area contributed by atoms with Crippen molar-refractivity contribution in [3.05, 3.63) is 29.8 Å². The molecule has 3 N–H and O–H groups in total. The number of rotatable bonds is 4. The molecule has 0 fully saturated rings. The van der Waals surface area contributed by atoms with Gasteiger partial charge < -0.3 is 16.0 Å². The summed E-state index contributed by atoms with van der Waals surface area (Å²) in [5, 5.41) is 2.91. The highest BCUT2D eigenvalue weighted by atomic mass is 16.2. The Morgan fingerprint density at radius 2 is 2.11 bits per heavy atom. The van der Waals surface area contributed by atoms with Crippen molar-refractivity contribution in [3.63, 3.8) is 0 Å². The Bertz CT molecular complexity index is 415. The lowest BCUT2D eigenvalue weighted by Crippen LogP contribution is -2.53. The molecule has 0 spiro atoms. The molecule has 100 valence electrons. The summed E-state index contributed by atoms with van der Waals surface area (Å²) in [5.41, 5.74) is 7.30. The second-order valence-corrected chi connectivity index (χ2v) is 5.06. The third-order valence-corrected chi connectivity index (χ3v) is 3.06. The number of hydrogen-bond donors (Lipinski definition) is 2. The fourth-order valence-electron chi connectivity index (χ4n) is 1.87. The quantitative estimate of drug-likeness (QED) is 0.861. The van der Waals surface area contributed by atoms with Crippen molar-refractivity contribution in [2.24, 2.45) is 5.73 Å². The predicted molar refractivity (Wildman–Crippen MR) is 75.7 cm³/mol. The van der Waals surface area contributed by atoms with E-state index >= 15 is 0 Å². The van der Waals surface area contributed by atoms with Crippen molar-refractivity contribution in [1.29, 1.82) is 0 Å². The van der Waals surface area contributed by atoms with E-state index in [9.17, 15) is 4.79 Å². The lowest BCUT2D eigenvalue weighted by atomic mass is 10.0. The van der Waals surface area contributed by atoms with Crippen LogP contribution in [-0.2, 0) is 0 Å². The van der Waals surface area contributed by atoms with Gasteiger partial charge in [-0.3, -0.25) is 0 Å². The summed E-state index contributed by atoms with van der Waals surface area (Å²) >= 11 is 0. The van der Waals surface area contributed by atoms with Crippen molar-refractivity contribution in [2.45, 2.75) is 33.2 Å². The van der Waals surface area contributed by atoms with Crippen LogP contribution in [0.1, 0.15) is 26.3 Å². The molecule has 4 heteroatoms. The van der Waals surface area contributed by atoms with Gasteiger partial charge in [0.2, 0.25) is 0 Å². The van der Waals surface area contributed by atoms with Gasteiger partial charge in [-0.25, -0.2) is 4.79 Å². The average Bonchev–Trinajstić information content (AvgIpc) is 2.29. The topological polar surface area (TPSA) is 58.4 Å². The second kappa shape index (κ2) is 5.87. The number of hydrogen-bond acceptors (Lipinski definition) is 2. The first-order valence-electron chi connectivity index (χ1n) is 6.26. The van der Waals surface area contributed by atoms with Gasteiger partial charge in [0.25, 0.3) is 0 Å². The van der Waals surface area contributed by atoms with Gasteiger partial charge in [0.15, 0.2) is 0 Å². The maximum atomic E-state index is 12.2. The smallest absolute Gasteiger partial charge is 0.322 e. The zero-order chi connectivity index (χ0) is 13.8. The maximum absolute atomic E-state index is 12.2. The van der Waals surface area contributed by atoms with E-state index in [1.54, 1.807) is 4.90 Å². The highest BCUT2D eigenvalue weighted by Gasteiger charge is 2.28. The molecule has 0 unspecified atom stereocenters. The number of carbonyl (C=O) groups excluding carboxylic acids is 1. The molecule has 0 saturated heterocycles. The van der Waals surface area contributed by atoms with E-state index in [0.29, 0.717) is 13.1 Å². The first kappa shape index (κ1) is 14.5. The van der Waals surface area contributed by atoms with Gasteiger partial charge in [0, 0.05) is 18.8 Å². The average molecular weight is 249 g/mol. The molecule has 1 aromatic carbocycles. The largest absolute Gasteiger partial charge is 0.328 e. The van der Waals surface area contributed by atoms with Crippen LogP contribution in [0.15, 0.2) is 24.3 Å². The van der Waals surface area contributed by atoms with Gasteiger partial charge in [0.05, 0.1) is 5.54 Å². The Morgan fingerprint density at radius 3 is 2.61 bits per heavy atom. The lowest BCUT2D eigenvalue weighted by molar-refractivity contribution is 0.155. The van der Waals surface area contributed by atoms with E-state index < -0.39 is 0 Å². The third-order valence-electron chi connectivity index (χ3n) is 3.06. The van der Waals surface area contributed by atoms with Crippen LogP contribution in [-0.4, -0.2) is 29.6 Å². The number of nitrogens with two attached hydrogens (primary N) is 1. The molecular weight excluding hydrogens is 226 g/mol. The molecule has 1 aromatic rings. The van der Waals surface area contributed by atoms with Crippen LogP contribution < -0.4 is 11.1 Å². The van der Waals surface area contributed by atoms with Crippen LogP contribution >= 0.6 is 0 Å². The number of benzene rings is 1. The van der Waals surface area contributed by atoms with Gasteiger partial charge >= 0.3 is 6.03 Å². The first-order chi connectivity index (χ1) is 8.40. The summed E-state index contributed by atoms with van der Waals surface area (Å²) in [4.78, 5) is 14.0. The number of nitrogens with zero attached hydrogens (tertiary/aromatic N) is 1. The monoisotopic (exact) mass is 249 g/mol. The molecule has 0 heterocycles. The van der Waals surface area contributed by atoms with Crippen LogP contribution in [0.25, 0.3) is 0 Å². The normalized spacial score (nSPS) is 11.2. The highest BCUT2D eigenvalue weighted by molar-refractivity contribution is 5.89. The fraction of sp³-hybridized carbons (Fsp3) is 0.500. The molecule has 1 rings (SSSR count). The summed E-state index contributed by atoms with van der Waals surface area (Å²) < 4.78 is 0. The molecule has 2 amide bonds. The van der Waals surface area contributed by atoms with Crippen molar-refractivity contribution in [1.82, 2.24) is 4.90 Å². The molecule has 0 radical (unpaired) electrons. The minimum Gasteiger partial charge on any atom is -0.328 e. The highest BCUT2D eigenvalue weighted by Crippen LogP contribution is 2.16. The minimum absolute atomic E-state index is 0.112. The van der Waals surface area contributed by atoms with E-state index in [2.05, 4.69) is 5.32 Å². The van der Waals surface area contributed by atoms with Crippen molar-refractivity contribution in [3.8, 4) is 0 Å². The molecule has 0 bridgehead atoms. The SMILES string of the molecule is CCN(C(=O)Nc1cccc(C)c1)C(C)(C)CN. The molecular formula is C14H23N3O. The molecule has 0 aliphatic carbocycles.